The Bertz CT molecular complexity index is 540. The molecule has 0 saturated heterocycles. The fourth-order valence-electron chi connectivity index (χ4n) is 1.12. The molecule has 2 aromatic rings. The zero-order valence-corrected chi connectivity index (χ0v) is 12.7. The average molecular weight is 378 g/mol. The lowest BCUT2D eigenvalue weighted by molar-refractivity contribution is 0.105. The molecule has 0 spiro atoms. The van der Waals surface area contributed by atoms with E-state index in [-0.39, 0.29) is 5.78 Å². The number of hydrogen-bond acceptors (Lipinski definition) is 3. The molecule has 16 heavy (non-hydrogen) atoms. The first-order valence-electron chi connectivity index (χ1n) is 4.37. The molecule has 0 bridgehead atoms. The number of rotatable bonds is 3. The summed E-state index contributed by atoms with van der Waals surface area (Å²) in [5.41, 5.74) is 0. The Balaban J connectivity index is 2.17. The molecule has 0 aliphatic carbocycles. The molecule has 0 unspecified atom stereocenters. The SMILES string of the molecule is O=C(C=Cc1sccc1Br)c1sccc1Br. The van der Waals surface area contributed by atoms with E-state index < -0.39 is 0 Å². The molecule has 2 rings (SSSR count). The minimum absolute atomic E-state index is 0.0298. The fourth-order valence-corrected chi connectivity index (χ4v) is 4.01. The standard InChI is InChI=1S/C11H6Br2OS2/c12-7-3-5-15-10(7)2-1-9(14)11-8(13)4-6-16-11/h1-6H. The molecular weight excluding hydrogens is 372 g/mol. The van der Waals surface area contributed by atoms with Gasteiger partial charge in [-0.3, -0.25) is 4.79 Å². The highest BCUT2D eigenvalue weighted by Crippen LogP contribution is 2.26. The molecule has 0 aliphatic heterocycles. The minimum Gasteiger partial charge on any atom is -0.288 e. The van der Waals surface area contributed by atoms with Gasteiger partial charge in [0.25, 0.3) is 0 Å². The molecule has 2 heterocycles. The number of allylic oxidation sites excluding steroid dienone is 1. The molecule has 5 heteroatoms. The third-order valence-corrected chi connectivity index (χ3v) is 5.56. The number of thiophene rings is 2. The Morgan fingerprint density at radius 2 is 1.81 bits per heavy atom. The van der Waals surface area contributed by atoms with E-state index in [9.17, 15) is 4.79 Å². The van der Waals surface area contributed by atoms with Crippen molar-refractivity contribution in [1.29, 1.82) is 0 Å². The van der Waals surface area contributed by atoms with Gasteiger partial charge in [0, 0.05) is 13.8 Å². The van der Waals surface area contributed by atoms with E-state index in [1.807, 2.05) is 29.0 Å². The van der Waals surface area contributed by atoms with Crippen molar-refractivity contribution in [2.24, 2.45) is 0 Å². The maximum atomic E-state index is 11.8. The largest absolute Gasteiger partial charge is 0.288 e. The number of carbonyl (C=O) groups is 1. The Hall–Kier alpha value is -0.230. The van der Waals surface area contributed by atoms with Crippen LogP contribution in [0.1, 0.15) is 14.5 Å². The highest BCUT2D eigenvalue weighted by molar-refractivity contribution is 9.11. The smallest absolute Gasteiger partial charge is 0.196 e. The highest BCUT2D eigenvalue weighted by atomic mass is 79.9. The lowest BCUT2D eigenvalue weighted by Crippen LogP contribution is -1.89. The van der Waals surface area contributed by atoms with Gasteiger partial charge < -0.3 is 0 Å². The van der Waals surface area contributed by atoms with Crippen molar-refractivity contribution in [1.82, 2.24) is 0 Å². The molecule has 2 aromatic heterocycles. The van der Waals surface area contributed by atoms with Gasteiger partial charge in [0.1, 0.15) is 0 Å². The first kappa shape index (κ1) is 12.2. The molecular formula is C11H6Br2OS2. The van der Waals surface area contributed by atoms with Crippen LogP contribution in [0.4, 0.5) is 0 Å². The second-order valence-corrected chi connectivity index (χ2v) is 6.50. The second-order valence-electron chi connectivity index (χ2n) is 2.93. The summed E-state index contributed by atoms with van der Waals surface area (Å²) in [6, 6.07) is 3.85. The normalized spacial score (nSPS) is 11.1. The molecule has 0 atom stereocenters. The third-order valence-electron chi connectivity index (χ3n) is 1.87. The van der Waals surface area contributed by atoms with Crippen LogP contribution in [0.3, 0.4) is 0 Å². The third kappa shape index (κ3) is 2.71. The number of halogens is 2. The van der Waals surface area contributed by atoms with Crippen LogP contribution in [0.5, 0.6) is 0 Å². The first-order chi connectivity index (χ1) is 7.68. The summed E-state index contributed by atoms with van der Waals surface area (Å²) < 4.78 is 1.88. The molecule has 0 amide bonds. The monoisotopic (exact) mass is 376 g/mol. The molecule has 0 aliphatic rings. The number of carbonyl (C=O) groups excluding carboxylic acids is 1. The van der Waals surface area contributed by atoms with Crippen molar-refractivity contribution in [2.45, 2.75) is 0 Å². The predicted molar refractivity (Wildman–Crippen MR) is 77.4 cm³/mol. The van der Waals surface area contributed by atoms with Crippen molar-refractivity contribution in [3.05, 3.63) is 47.7 Å². The second kappa shape index (κ2) is 5.40. The van der Waals surface area contributed by atoms with Crippen LogP contribution in [0.2, 0.25) is 0 Å². The summed E-state index contributed by atoms with van der Waals surface area (Å²) in [6.45, 7) is 0. The highest BCUT2D eigenvalue weighted by Gasteiger charge is 2.08. The van der Waals surface area contributed by atoms with E-state index in [2.05, 4.69) is 31.9 Å². The van der Waals surface area contributed by atoms with Crippen molar-refractivity contribution in [3.8, 4) is 0 Å². The maximum absolute atomic E-state index is 11.8. The zero-order valence-electron chi connectivity index (χ0n) is 7.94. The van der Waals surface area contributed by atoms with Crippen molar-refractivity contribution < 1.29 is 4.79 Å². The fraction of sp³-hybridized carbons (Fsp3) is 0. The summed E-state index contributed by atoms with van der Waals surface area (Å²) in [4.78, 5) is 13.6. The van der Waals surface area contributed by atoms with Crippen LogP contribution >= 0.6 is 54.5 Å². The molecule has 1 nitrogen and oxygen atoms in total. The summed E-state index contributed by atoms with van der Waals surface area (Å²) in [5.74, 6) is 0.0298. The summed E-state index contributed by atoms with van der Waals surface area (Å²) >= 11 is 9.81. The Morgan fingerprint density at radius 1 is 1.12 bits per heavy atom. The van der Waals surface area contributed by atoms with Gasteiger partial charge in [0.05, 0.1) is 4.88 Å². The van der Waals surface area contributed by atoms with Crippen LogP contribution in [-0.2, 0) is 0 Å². The van der Waals surface area contributed by atoms with Crippen LogP contribution in [0.25, 0.3) is 6.08 Å². The molecule has 82 valence electrons. The van der Waals surface area contributed by atoms with Crippen molar-refractivity contribution in [2.75, 3.05) is 0 Å². The minimum atomic E-state index is 0.0298. The van der Waals surface area contributed by atoms with Crippen LogP contribution in [0, 0.1) is 0 Å². The molecule has 0 radical (unpaired) electrons. The van der Waals surface area contributed by atoms with E-state index in [1.165, 1.54) is 11.3 Å². The van der Waals surface area contributed by atoms with E-state index in [0.29, 0.717) is 0 Å². The van der Waals surface area contributed by atoms with Crippen molar-refractivity contribution in [3.63, 3.8) is 0 Å². The van der Waals surface area contributed by atoms with Gasteiger partial charge >= 0.3 is 0 Å². The van der Waals surface area contributed by atoms with Crippen molar-refractivity contribution >= 4 is 66.4 Å². The summed E-state index contributed by atoms with van der Waals surface area (Å²) in [6.07, 6.45) is 3.44. The molecule has 0 fully saturated rings. The predicted octanol–water partition coefficient (Wildman–Crippen LogP) is 5.23. The Morgan fingerprint density at radius 3 is 2.38 bits per heavy atom. The summed E-state index contributed by atoms with van der Waals surface area (Å²) in [5, 5.41) is 3.88. The average Bonchev–Trinajstić information content (AvgIpc) is 2.84. The number of ketones is 1. The van der Waals surface area contributed by atoms with Gasteiger partial charge in [-0.2, -0.15) is 0 Å². The Labute approximate surface area is 118 Å². The van der Waals surface area contributed by atoms with Gasteiger partial charge in [0.15, 0.2) is 5.78 Å². The van der Waals surface area contributed by atoms with Gasteiger partial charge in [-0.1, -0.05) is 0 Å². The van der Waals surface area contributed by atoms with Crippen LogP contribution < -0.4 is 0 Å². The Kier molecular flexibility index (Phi) is 4.13. The van der Waals surface area contributed by atoms with Crippen LogP contribution in [-0.4, -0.2) is 5.78 Å². The van der Waals surface area contributed by atoms with Gasteiger partial charge in [-0.15, -0.1) is 22.7 Å². The molecule has 0 aromatic carbocycles. The van der Waals surface area contributed by atoms with E-state index >= 15 is 0 Å². The molecule has 0 saturated carbocycles. The molecule has 0 N–H and O–H groups in total. The lowest BCUT2D eigenvalue weighted by Gasteiger charge is -1.91. The quantitative estimate of drug-likeness (QED) is 0.528. The topological polar surface area (TPSA) is 17.1 Å². The van der Waals surface area contributed by atoms with Gasteiger partial charge in [-0.25, -0.2) is 0 Å². The lowest BCUT2D eigenvalue weighted by atomic mass is 10.3. The summed E-state index contributed by atoms with van der Waals surface area (Å²) in [7, 11) is 0. The zero-order chi connectivity index (χ0) is 11.5. The van der Waals surface area contributed by atoms with E-state index in [4.69, 9.17) is 0 Å². The van der Waals surface area contributed by atoms with E-state index in [1.54, 1.807) is 17.4 Å². The number of hydrogen-bond donors (Lipinski definition) is 0. The van der Waals surface area contributed by atoms with Crippen LogP contribution in [0.15, 0.2) is 37.9 Å². The van der Waals surface area contributed by atoms with E-state index in [0.717, 1.165) is 18.7 Å². The van der Waals surface area contributed by atoms with Gasteiger partial charge in [0.2, 0.25) is 0 Å². The first-order valence-corrected chi connectivity index (χ1v) is 7.71. The van der Waals surface area contributed by atoms with Gasteiger partial charge in [-0.05, 0) is 66.9 Å². The maximum Gasteiger partial charge on any atom is 0.196 e.